The van der Waals surface area contributed by atoms with E-state index in [1.54, 1.807) is 13.0 Å². The van der Waals surface area contributed by atoms with E-state index in [4.69, 9.17) is 4.74 Å². The average Bonchev–Trinajstić information content (AvgIpc) is 2.46. The lowest BCUT2D eigenvalue weighted by molar-refractivity contribution is 0.155. The van der Waals surface area contributed by atoms with Gasteiger partial charge < -0.3 is 4.74 Å². The van der Waals surface area contributed by atoms with Crippen LogP contribution in [-0.2, 0) is 22.1 Å². The van der Waals surface area contributed by atoms with Crippen LogP contribution in [-0.4, -0.2) is 26.8 Å². The number of amides is 1. The van der Waals surface area contributed by atoms with Gasteiger partial charge in [0.1, 0.15) is 6.61 Å². The Hall–Kier alpha value is -2.28. The Morgan fingerprint density at radius 3 is 2.62 bits per heavy atom. The number of nitrogens with zero attached hydrogens (tertiary/aromatic N) is 2. The number of hydrogen-bond donors (Lipinski definition) is 1. The molecule has 0 spiro atoms. The molecule has 0 fully saturated rings. The molecule has 1 unspecified atom stereocenters. The van der Waals surface area contributed by atoms with Crippen molar-refractivity contribution in [2.24, 2.45) is 0 Å². The molecule has 21 heavy (non-hydrogen) atoms. The van der Waals surface area contributed by atoms with Crippen LogP contribution < -0.4 is 5.32 Å². The van der Waals surface area contributed by atoms with Gasteiger partial charge in [-0.1, -0.05) is 30.3 Å². The van der Waals surface area contributed by atoms with Crippen molar-refractivity contribution in [3.05, 3.63) is 47.5 Å². The fourth-order valence-electron chi connectivity index (χ4n) is 1.68. The van der Waals surface area contributed by atoms with E-state index in [2.05, 4.69) is 15.5 Å². The number of ether oxygens (including phenoxy) is 1. The van der Waals surface area contributed by atoms with Gasteiger partial charge in [-0.3, -0.25) is 9.53 Å². The Labute approximate surface area is 125 Å². The Bertz CT molecular complexity index is 662. The lowest BCUT2D eigenvalue weighted by Crippen LogP contribution is -2.15. The number of hydrogen-bond acceptors (Lipinski definition) is 5. The number of aromatic nitrogens is 2. The molecule has 1 aromatic carbocycles. The summed E-state index contributed by atoms with van der Waals surface area (Å²) in [5.41, 5.74) is 1.59. The number of rotatable bonds is 4. The van der Waals surface area contributed by atoms with Crippen molar-refractivity contribution < 1.29 is 13.7 Å². The van der Waals surface area contributed by atoms with Crippen LogP contribution in [0, 0.1) is 6.92 Å². The molecule has 0 aliphatic rings. The van der Waals surface area contributed by atoms with E-state index in [9.17, 15) is 9.00 Å². The molecule has 0 aliphatic carbocycles. The summed E-state index contributed by atoms with van der Waals surface area (Å²) in [6.45, 7) is 1.93. The summed E-state index contributed by atoms with van der Waals surface area (Å²) >= 11 is 0. The summed E-state index contributed by atoms with van der Waals surface area (Å²) in [7, 11) is -1.21. The maximum atomic E-state index is 11.7. The van der Waals surface area contributed by atoms with Gasteiger partial charge in [0.25, 0.3) is 0 Å². The zero-order valence-corrected chi connectivity index (χ0v) is 12.5. The predicted molar refractivity (Wildman–Crippen MR) is 79.4 cm³/mol. The van der Waals surface area contributed by atoms with Gasteiger partial charge in [-0.2, -0.15) is 0 Å². The molecule has 110 valence electrons. The topological polar surface area (TPSA) is 81.2 Å². The Kier molecular flexibility index (Phi) is 4.99. The Balaban J connectivity index is 1.94. The van der Waals surface area contributed by atoms with Gasteiger partial charge in [0.05, 0.1) is 10.8 Å². The van der Waals surface area contributed by atoms with Crippen molar-refractivity contribution in [1.82, 2.24) is 10.2 Å². The second-order valence-electron chi connectivity index (χ2n) is 4.36. The maximum absolute atomic E-state index is 11.7. The second kappa shape index (κ2) is 6.94. The van der Waals surface area contributed by atoms with E-state index in [-0.39, 0.29) is 12.4 Å². The van der Waals surface area contributed by atoms with Crippen molar-refractivity contribution in [2.75, 3.05) is 11.6 Å². The van der Waals surface area contributed by atoms with E-state index in [1.807, 2.05) is 30.3 Å². The molecule has 1 amide bonds. The first-order chi connectivity index (χ1) is 10.1. The molecular formula is C14H15N3O3S. The van der Waals surface area contributed by atoms with Gasteiger partial charge in [-0.05, 0) is 24.1 Å². The quantitative estimate of drug-likeness (QED) is 0.937. The van der Waals surface area contributed by atoms with E-state index in [1.165, 1.54) is 6.26 Å². The molecule has 2 rings (SSSR count). The molecule has 1 heterocycles. The fourth-order valence-corrected chi connectivity index (χ4v) is 2.35. The van der Waals surface area contributed by atoms with E-state index in [0.717, 1.165) is 5.56 Å². The van der Waals surface area contributed by atoms with E-state index < -0.39 is 16.9 Å². The van der Waals surface area contributed by atoms with Crippen LogP contribution in [0.3, 0.4) is 0 Å². The molecular weight excluding hydrogens is 290 g/mol. The highest BCUT2D eigenvalue weighted by molar-refractivity contribution is 7.84. The largest absolute Gasteiger partial charge is 0.444 e. The molecule has 0 aliphatic heterocycles. The molecule has 0 bridgehead atoms. The lowest BCUT2D eigenvalue weighted by Gasteiger charge is -2.07. The highest BCUT2D eigenvalue weighted by atomic mass is 32.2. The number of carbonyl (C=O) groups excluding carboxylic acids is 1. The minimum absolute atomic E-state index is 0.177. The minimum atomic E-state index is -1.21. The van der Waals surface area contributed by atoms with Crippen LogP contribution in [0.4, 0.5) is 10.6 Å². The molecule has 2 aromatic rings. The third kappa shape index (κ3) is 4.35. The number of benzene rings is 1. The number of carbonyl (C=O) groups is 1. The van der Waals surface area contributed by atoms with Crippen molar-refractivity contribution in [3.63, 3.8) is 0 Å². The Morgan fingerprint density at radius 1 is 1.29 bits per heavy atom. The SMILES string of the molecule is Cc1cc(NC(=O)OCc2ccccc2)nnc1S(C)=O. The second-order valence-corrected chi connectivity index (χ2v) is 5.65. The van der Waals surface area contributed by atoms with Gasteiger partial charge in [-0.15, -0.1) is 10.2 Å². The standard InChI is InChI=1S/C14H15N3O3S/c1-10-8-12(16-17-13(10)21(2)19)15-14(18)20-9-11-6-4-3-5-7-11/h3-8H,9H2,1-2H3,(H,15,16,18). The number of aryl methyl sites for hydroxylation is 1. The zero-order chi connectivity index (χ0) is 15.2. The van der Waals surface area contributed by atoms with Gasteiger partial charge >= 0.3 is 6.09 Å². The van der Waals surface area contributed by atoms with Gasteiger partial charge in [0.2, 0.25) is 0 Å². The highest BCUT2D eigenvalue weighted by Crippen LogP contribution is 2.12. The average molecular weight is 305 g/mol. The maximum Gasteiger partial charge on any atom is 0.413 e. The summed E-state index contributed by atoms with van der Waals surface area (Å²) in [5, 5.41) is 10.5. The highest BCUT2D eigenvalue weighted by Gasteiger charge is 2.09. The van der Waals surface area contributed by atoms with E-state index in [0.29, 0.717) is 10.6 Å². The molecule has 0 saturated carbocycles. The van der Waals surface area contributed by atoms with Crippen molar-refractivity contribution in [2.45, 2.75) is 18.6 Å². The van der Waals surface area contributed by atoms with Crippen molar-refractivity contribution in [3.8, 4) is 0 Å². The first-order valence-corrected chi connectivity index (χ1v) is 7.77. The first-order valence-electron chi connectivity index (χ1n) is 6.21. The molecule has 6 nitrogen and oxygen atoms in total. The summed E-state index contributed by atoms with van der Waals surface area (Å²) in [6, 6.07) is 11.0. The van der Waals surface area contributed by atoms with Crippen molar-refractivity contribution >= 4 is 22.7 Å². The molecule has 1 aromatic heterocycles. The molecule has 1 atom stereocenters. The molecule has 0 saturated heterocycles. The minimum Gasteiger partial charge on any atom is -0.444 e. The predicted octanol–water partition coefficient (Wildman–Crippen LogP) is 2.27. The van der Waals surface area contributed by atoms with Crippen LogP contribution in [0.2, 0.25) is 0 Å². The van der Waals surface area contributed by atoms with E-state index >= 15 is 0 Å². The van der Waals surface area contributed by atoms with Crippen LogP contribution >= 0.6 is 0 Å². The van der Waals surface area contributed by atoms with Gasteiger partial charge in [0.15, 0.2) is 10.8 Å². The summed E-state index contributed by atoms with van der Waals surface area (Å²) in [4.78, 5) is 11.7. The van der Waals surface area contributed by atoms with Crippen LogP contribution in [0.5, 0.6) is 0 Å². The molecule has 1 N–H and O–H groups in total. The summed E-state index contributed by atoms with van der Waals surface area (Å²) in [6.07, 6.45) is 0.913. The number of nitrogens with one attached hydrogen (secondary N) is 1. The van der Waals surface area contributed by atoms with Crippen LogP contribution in [0.15, 0.2) is 41.4 Å². The third-order valence-electron chi connectivity index (χ3n) is 2.65. The molecule has 0 radical (unpaired) electrons. The number of anilines is 1. The summed E-state index contributed by atoms with van der Waals surface area (Å²) < 4.78 is 16.4. The first kappa shape index (κ1) is 15.1. The lowest BCUT2D eigenvalue weighted by atomic mass is 10.2. The third-order valence-corrected chi connectivity index (χ3v) is 3.60. The van der Waals surface area contributed by atoms with Crippen LogP contribution in [0.1, 0.15) is 11.1 Å². The van der Waals surface area contributed by atoms with Crippen molar-refractivity contribution in [1.29, 1.82) is 0 Å². The normalized spacial score (nSPS) is 11.7. The van der Waals surface area contributed by atoms with Gasteiger partial charge in [0, 0.05) is 6.26 Å². The zero-order valence-electron chi connectivity index (χ0n) is 11.7. The fraction of sp³-hybridized carbons (Fsp3) is 0.214. The summed E-state index contributed by atoms with van der Waals surface area (Å²) in [5.74, 6) is 0.264. The van der Waals surface area contributed by atoms with Crippen LogP contribution in [0.25, 0.3) is 0 Å². The monoisotopic (exact) mass is 305 g/mol. The Morgan fingerprint density at radius 2 is 2.00 bits per heavy atom. The molecule has 7 heteroatoms. The van der Waals surface area contributed by atoms with Gasteiger partial charge in [-0.25, -0.2) is 4.79 Å². The smallest absolute Gasteiger partial charge is 0.413 e.